The molecule has 0 aromatic heterocycles. The van der Waals surface area contributed by atoms with Gasteiger partial charge in [0.2, 0.25) is 0 Å². The number of carbonyl (C=O) groups is 2. The number of carbonyl (C=O) groups excluding carboxylic acids is 1. The fourth-order valence-electron chi connectivity index (χ4n) is 8.19. The highest BCUT2D eigenvalue weighted by atomic mass is 16.5. The normalized spacial score (nSPS) is 57.3. The molecule has 8 atom stereocenters. The second-order valence-corrected chi connectivity index (χ2v) is 9.71. The number of cyclic esters (lactones) is 1. The Hall–Kier alpha value is -1.40. The fourth-order valence-corrected chi connectivity index (χ4v) is 8.19. The third kappa shape index (κ3) is 1.47. The molecule has 1 aliphatic heterocycles. The van der Waals surface area contributed by atoms with Crippen LogP contribution in [0.2, 0.25) is 0 Å². The Kier molecular flexibility index (Phi) is 2.92. The van der Waals surface area contributed by atoms with Crippen LogP contribution in [0.15, 0.2) is 12.2 Å². The first kappa shape index (κ1) is 16.8. The monoisotopic (exact) mass is 362 g/mol. The SMILES string of the molecule is C=C1[C@@H](O)[C@]23C[C@@]1(O)CC[C@H]2[C@@]12CCC[C@@](C)(C(=O)OC1)[C@H]2[C@@H]3C(=O)O. The molecule has 0 amide bonds. The van der Waals surface area contributed by atoms with Gasteiger partial charge in [-0.2, -0.15) is 0 Å². The smallest absolute Gasteiger partial charge is 0.312 e. The van der Waals surface area contributed by atoms with E-state index in [0.717, 1.165) is 12.8 Å². The van der Waals surface area contributed by atoms with Gasteiger partial charge >= 0.3 is 11.9 Å². The summed E-state index contributed by atoms with van der Waals surface area (Å²) in [7, 11) is 0. The van der Waals surface area contributed by atoms with E-state index in [4.69, 9.17) is 4.74 Å². The zero-order chi connectivity index (χ0) is 18.7. The van der Waals surface area contributed by atoms with E-state index < -0.39 is 39.8 Å². The van der Waals surface area contributed by atoms with Crippen molar-refractivity contribution in [2.75, 3.05) is 6.61 Å². The molecule has 4 bridgehead atoms. The largest absolute Gasteiger partial charge is 0.481 e. The maximum Gasteiger partial charge on any atom is 0.312 e. The predicted octanol–water partition coefficient (Wildman–Crippen LogP) is 1.50. The second kappa shape index (κ2) is 4.53. The summed E-state index contributed by atoms with van der Waals surface area (Å²) >= 11 is 0. The molecule has 1 heterocycles. The first-order valence-electron chi connectivity index (χ1n) is 9.63. The third-order valence-corrected chi connectivity index (χ3v) is 8.99. The molecule has 0 aromatic carbocycles. The third-order valence-electron chi connectivity index (χ3n) is 8.99. The molecular formula is C20H26O6. The summed E-state index contributed by atoms with van der Waals surface area (Å²) in [5.41, 5.74) is -3.06. The minimum absolute atomic E-state index is 0.0802. The first-order valence-corrected chi connectivity index (χ1v) is 9.63. The molecule has 1 spiro atoms. The van der Waals surface area contributed by atoms with Gasteiger partial charge in [0.15, 0.2) is 0 Å². The first-order chi connectivity index (χ1) is 12.1. The summed E-state index contributed by atoms with van der Waals surface area (Å²) in [5, 5.41) is 32.5. The molecule has 4 aliphatic carbocycles. The number of rotatable bonds is 1. The van der Waals surface area contributed by atoms with Crippen LogP contribution in [0.3, 0.4) is 0 Å². The van der Waals surface area contributed by atoms with Gasteiger partial charge in [0.05, 0.1) is 29.6 Å². The van der Waals surface area contributed by atoms with Crippen LogP contribution >= 0.6 is 0 Å². The lowest BCUT2D eigenvalue weighted by molar-refractivity contribution is -0.201. The van der Waals surface area contributed by atoms with E-state index >= 15 is 0 Å². The number of hydrogen-bond acceptors (Lipinski definition) is 5. The van der Waals surface area contributed by atoms with Crippen LogP contribution in [0.5, 0.6) is 0 Å². The van der Waals surface area contributed by atoms with Gasteiger partial charge < -0.3 is 20.1 Å². The highest BCUT2D eigenvalue weighted by molar-refractivity contribution is 5.82. The standard InChI is InChI=1S/C20H26O6/c1-10-14(21)20-8-19(10,25)7-4-11(20)18-6-3-5-17(2,16(24)26-9-18)13(18)12(20)15(22)23/h11-14,21,25H,1,3-9H2,2H3,(H,22,23)/t11-,12+,13+,14+,17+,18+,19-,20+/m0/s1. The lowest BCUT2D eigenvalue weighted by atomic mass is 9.51. The summed E-state index contributed by atoms with van der Waals surface area (Å²) in [6, 6.07) is 0. The van der Waals surface area contributed by atoms with Crippen LogP contribution in [0.4, 0.5) is 0 Å². The van der Waals surface area contributed by atoms with Gasteiger partial charge in [0.1, 0.15) is 0 Å². The van der Waals surface area contributed by atoms with Gasteiger partial charge in [0.25, 0.3) is 0 Å². The summed E-state index contributed by atoms with van der Waals surface area (Å²) in [5.74, 6) is -2.59. The Bertz CT molecular complexity index is 747. The van der Waals surface area contributed by atoms with E-state index in [-0.39, 0.29) is 30.8 Å². The molecular weight excluding hydrogens is 336 g/mol. The van der Waals surface area contributed by atoms with Crippen molar-refractivity contribution in [3.8, 4) is 0 Å². The highest BCUT2D eigenvalue weighted by Gasteiger charge is 2.82. The second-order valence-electron chi connectivity index (χ2n) is 9.71. The van der Waals surface area contributed by atoms with Gasteiger partial charge in [-0.15, -0.1) is 0 Å². The molecule has 6 heteroatoms. The van der Waals surface area contributed by atoms with Gasteiger partial charge in [-0.3, -0.25) is 9.59 Å². The number of hydrogen-bond donors (Lipinski definition) is 3. The molecule has 4 saturated carbocycles. The molecule has 26 heavy (non-hydrogen) atoms. The van der Waals surface area contributed by atoms with Crippen LogP contribution in [-0.4, -0.2) is 45.6 Å². The lowest BCUT2D eigenvalue weighted by Crippen LogP contribution is -2.58. The van der Waals surface area contributed by atoms with Crippen molar-refractivity contribution in [2.45, 2.75) is 57.2 Å². The Morgan fingerprint density at radius 1 is 1.31 bits per heavy atom. The molecule has 3 N–H and O–H groups in total. The van der Waals surface area contributed by atoms with E-state index in [9.17, 15) is 24.9 Å². The van der Waals surface area contributed by atoms with Crippen LogP contribution in [-0.2, 0) is 14.3 Å². The maximum atomic E-state index is 12.7. The molecule has 0 radical (unpaired) electrons. The van der Waals surface area contributed by atoms with E-state index in [1.54, 1.807) is 0 Å². The van der Waals surface area contributed by atoms with Crippen LogP contribution < -0.4 is 0 Å². The minimum Gasteiger partial charge on any atom is -0.481 e. The Balaban J connectivity index is 1.79. The maximum absolute atomic E-state index is 12.7. The number of ether oxygens (including phenoxy) is 1. The van der Waals surface area contributed by atoms with Crippen molar-refractivity contribution in [1.29, 1.82) is 0 Å². The van der Waals surface area contributed by atoms with Crippen molar-refractivity contribution in [2.24, 2.45) is 34.0 Å². The molecule has 0 unspecified atom stereocenters. The quantitative estimate of drug-likeness (QED) is 0.482. The average molecular weight is 362 g/mol. The van der Waals surface area contributed by atoms with Crippen molar-refractivity contribution in [3.05, 3.63) is 12.2 Å². The zero-order valence-electron chi connectivity index (χ0n) is 15.0. The van der Waals surface area contributed by atoms with Gasteiger partial charge in [-0.25, -0.2) is 0 Å². The molecule has 5 fully saturated rings. The number of fused-ring (bicyclic) bond motifs is 1. The lowest BCUT2D eigenvalue weighted by Gasteiger charge is -2.55. The summed E-state index contributed by atoms with van der Waals surface area (Å²) in [6.07, 6.45) is 2.59. The van der Waals surface area contributed by atoms with Crippen molar-refractivity contribution in [3.63, 3.8) is 0 Å². The minimum atomic E-state index is -1.20. The van der Waals surface area contributed by atoms with E-state index in [2.05, 4.69) is 6.58 Å². The summed E-state index contributed by atoms with van der Waals surface area (Å²) < 4.78 is 5.62. The van der Waals surface area contributed by atoms with Crippen molar-refractivity contribution >= 4 is 11.9 Å². The number of aliphatic hydroxyl groups excluding tert-OH is 1. The fraction of sp³-hybridized carbons (Fsp3) is 0.800. The summed E-state index contributed by atoms with van der Waals surface area (Å²) in [4.78, 5) is 25.3. The molecule has 6 nitrogen and oxygen atoms in total. The molecule has 1 saturated heterocycles. The average Bonchev–Trinajstić information content (AvgIpc) is 2.93. The Labute approximate surface area is 152 Å². The molecule has 0 aromatic rings. The van der Waals surface area contributed by atoms with E-state index in [0.29, 0.717) is 24.8 Å². The molecule has 5 rings (SSSR count). The number of carboxylic acid groups (broad SMARTS) is 1. The Morgan fingerprint density at radius 3 is 2.73 bits per heavy atom. The number of aliphatic hydroxyl groups is 2. The van der Waals surface area contributed by atoms with E-state index in [1.165, 1.54) is 0 Å². The van der Waals surface area contributed by atoms with E-state index in [1.807, 2.05) is 6.92 Å². The topological polar surface area (TPSA) is 104 Å². The number of esters is 1. The zero-order valence-corrected chi connectivity index (χ0v) is 15.0. The Morgan fingerprint density at radius 2 is 2.04 bits per heavy atom. The van der Waals surface area contributed by atoms with Gasteiger partial charge in [-0.05, 0) is 56.4 Å². The van der Waals surface area contributed by atoms with Crippen molar-refractivity contribution < 1.29 is 29.6 Å². The van der Waals surface area contributed by atoms with Crippen LogP contribution in [0.25, 0.3) is 0 Å². The predicted molar refractivity (Wildman–Crippen MR) is 89.8 cm³/mol. The van der Waals surface area contributed by atoms with Crippen LogP contribution in [0, 0.1) is 34.0 Å². The number of aliphatic carboxylic acids is 1. The molecule has 5 aliphatic rings. The highest BCUT2D eigenvalue weighted by Crippen LogP contribution is 2.79. The van der Waals surface area contributed by atoms with Crippen molar-refractivity contribution in [1.82, 2.24) is 0 Å². The van der Waals surface area contributed by atoms with Crippen LogP contribution in [0.1, 0.15) is 45.4 Å². The molecule has 142 valence electrons. The number of carboxylic acids is 1. The van der Waals surface area contributed by atoms with Gasteiger partial charge in [0, 0.05) is 10.8 Å². The summed E-state index contributed by atoms with van der Waals surface area (Å²) in [6.45, 7) is 6.02. The van der Waals surface area contributed by atoms with Gasteiger partial charge in [-0.1, -0.05) is 13.0 Å².